The fourth-order valence-corrected chi connectivity index (χ4v) is 1.93. The van der Waals surface area contributed by atoms with Gasteiger partial charge in [-0.3, -0.25) is 4.90 Å². The van der Waals surface area contributed by atoms with Crippen LogP contribution in [0.1, 0.15) is 27.2 Å². The number of likely N-dealkylation sites (N-methyl/N-ethyl adjacent to an activating group) is 1. The van der Waals surface area contributed by atoms with Gasteiger partial charge in [-0.1, -0.05) is 13.8 Å². The van der Waals surface area contributed by atoms with Gasteiger partial charge >= 0.3 is 0 Å². The van der Waals surface area contributed by atoms with Crippen molar-refractivity contribution in [1.29, 1.82) is 0 Å². The van der Waals surface area contributed by atoms with Crippen molar-refractivity contribution in [2.75, 3.05) is 20.3 Å². The Balaban J connectivity index is 2.53. The molecule has 0 aromatic rings. The van der Waals surface area contributed by atoms with Gasteiger partial charge in [-0.05, 0) is 26.3 Å². The van der Waals surface area contributed by atoms with Gasteiger partial charge in [0.05, 0.1) is 6.61 Å². The van der Waals surface area contributed by atoms with Crippen LogP contribution in [0.5, 0.6) is 0 Å². The predicted octanol–water partition coefficient (Wildman–Crippen LogP) is 1.08. The summed E-state index contributed by atoms with van der Waals surface area (Å²) >= 11 is 0. The lowest BCUT2D eigenvalue weighted by atomic mass is 9.98. The maximum absolute atomic E-state index is 6.10. The molecule has 1 heterocycles. The Bertz CT molecular complexity index is 173. The molecule has 3 unspecified atom stereocenters. The second-order valence-corrected chi connectivity index (χ2v) is 4.74. The van der Waals surface area contributed by atoms with E-state index in [1.165, 1.54) is 0 Å². The van der Waals surface area contributed by atoms with Crippen molar-refractivity contribution < 1.29 is 4.74 Å². The van der Waals surface area contributed by atoms with Gasteiger partial charge in [-0.15, -0.1) is 0 Å². The maximum Gasteiger partial charge on any atom is 0.0636 e. The number of hydrogen-bond acceptors (Lipinski definition) is 3. The minimum Gasteiger partial charge on any atom is -0.380 e. The zero-order chi connectivity index (χ0) is 10.7. The van der Waals surface area contributed by atoms with Crippen LogP contribution in [-0.2, 0) is 4.74 Å². The van der Waals surface area contributed by atoms with Crippen molar-refractivity contribution in [3.05, 3.63) is 0 Å². The highest BCUT2D eigenvalue weighted by Gasteiger charge is 2.29. The van der Waals surface area contributed by atoms with Gasteiger partial charge in [-0.25, -0.2) is 0 Å². The van der Waals surface area contributed by atoms with Crippen LogP contribution in [0.4, 0.5) is 0 Å². The van der Waals surface area contributed by atoms with Crippen molar-refractivity contribution in [3.8, 4) is 0 Å². The van der Waals surface area contributed by atoms with Crippen LogP contribution in [0.3, 0.4) is 0 Å². The average Bonchev–Trinajstić information content (AvgIpc) is 2.16. The molecule has 1 aliphatic heterocycles. The van der Waals surface area contributed by atoms with Crippen molar-refractivity contribution in [2.45, 2.75) is 45.3 Å². The molecule has 2 N–H and O–H groups in total. The van der Waals surface area contributed by atoms with E-state index in [4.69, 9.17) is 10.5 Å². The molecule has 0 radical (unpaired) electrons. The largest absolute Gasteiger partial charge is 0.380 e. The second kappa shape index (κ2) is 5.10. The molecule has 0 bridgehead atoms. The van der Waals surface area contributed by atoms with Gasteiger partial charge in [0.25, 0.3) is 0 Å². The molecule has 0 aromatic heterocycles. The Morgan fingerprint density at radius 2 is 2.00 bits per heavy atom. The SMILES string of the molecule is CC(C)C(C)N(C)C1COCCC1N. The molecule has 0 amide bonds. The molecule has 14 heavy (non-hydrogen) atoms. The molecule has 1 rings (SSSR count). The Labute approximate surface area is 87.6 Å². The summed E-state index contributed by atoms with van der Waals surface area (Å²) < 4.78 is 5.48. The third-order valence-corrected chi connectivity index (χ3v) is 3.51. The lowest BCUT2D eigenvalue weighted by molar-refractivity contribution is -0.00391. The molecule has 0 spiro atoms. The van der Waals surface area contributed by atoms with E-state index >= 15 is 0 Å². The van der Waals surface area contributed by atoms with Gasteiger partial charge in [0.15, 0.2) is 0 Å². The first-order chi connectivity index (χ1) is 6.54. The number of nitrogens with two attached hydrogens (primary N) is 1. The number of ether oxygens (including phenoxy) is 1. The quantitative estimate of drug-likeness (QED) is 0.741. The van der Waals surface area contributed by atoms with E-state index in [1.807, 2.05) is 0 Å². The first-order valence-corrected chi connectivity index (χ1v) is 5.59. The first-order valence-electron chi connectivity index (χ1n) is 5.59. The average molecular weight is 200 g/mol. The van der Waals surface area contributed by atoms with Gasteiger partial charge in [0.1, 0.15) is 0 Å². The van der Waals surface area contributed by atoms with E-state index in [1.54, 1.807) is 0 Å². The molecule has 1 aliphatic rings. The van der Waals surface area contributed by atoms with Crippen LogP contribution in [0.15, 0.2) is 0 Å². The second-order valence-electron chi connectivity index (χ2n) is 4.74. The summed E-state index contributed by atoms with van der Waals surface area (Å²) in [5, 5.41) is 0. The van der Waals surface area contributed by atoms with E-state index in [9.17, 15) is 0 Å². The molecule has 3 nitrogen and oxygen atoms in total. The monoisotopic (exact) mass is 200 g/mol. The van der Waals surface area contributed by atoms with Crippen LogP contribution in [-0.4, -0.2) is 43.3 Å². The zero-order valence-electron chi connectivity index (χ0n) is 9.86. The van der Waals surface area contributed by atoms with Crippen LogP contribution in [0.25, 0.3) is 0 Å². The lowest BCUT2D eigenvalue weighted by Gasteiger charge is -2.40. The molecule has 84 valence electrons. The third kappa shape index (κ3) is 2.69. The molecule has 0 aliphatic carbocycles. The zero-order valence-corrected chi connectivity index (χ0v) is 9.86. The highest BCUT2D eigenvalue weighted by Crippen LogP contribution is 2.17. The molecule has 1 saturated heterocycles. The third-order valence-electron chi connectivity index (χ3n) is 3.51. The topological polar surface area (TPSA) is 38.5 Å². The van der Waals surface area contributed by atoms with Gasteiger partial charge in [0.2, 0.25) is 0 Å². The minimum absolute atomic E-state index is 0.273. The highest BCUT2D eigenvalue weighted by molar-refractivity contribution is 4.86. The fourth-order valence-electron chi connectivity index (χ4n) is 1.93. The van der Waals surface area contributed by atoms with Crippen molar-refractivity contribution in [1.82, 2.24) is 4.90 Å². The summed E-state index contributed by atoms with van der Waals surface area (Å²) in [7, 11) is 2.16. The molecular formula is C11H24N2O. The van der Waals surface area contributed by atoms with Crippen LogP contribution >= 0.6 is 0 Å². The minimum atomic E-state index is 0.273. The van der Waals surface area contributed by atoms with Crippen LogP contribution in [0, 0.1) is 5.92 Å². The Hall–Kier alpha value is -0.120. The number of nitrogens with zero attached hydrogens (tertiary/aromatic N) is 1. The van der Waals surface area contributed by atoms with Crippen LogP contribution in [0.2, 0.25) is 0 Å². The molecule has 1 fully saturated rings. The van der Waals surface area contributed by atoms with E-state index < -0.39 is 0 Å². The van der Waals surface area contributed by atoms with Crippen molar-refractivity contribution >= 4 is 0 Å². The highest BCUT2D eigenvalue weighted by atomic mass is 16.5. The Morgan fingerprint density at radius 1 is 1.36 bits per heavy atom. The molecule has 0 aromatic carbocycles. The van der Waals surface area contributed by atoms with E-state index in [0.717, 1.165) is 19.6 Å². The van der Waals surface area contributed by atoms with Crippen LogP contribution < -0.4 is 5.73 Å². The maximum atomic E-state index is 6.10. The van der Waals surface area contributed by atoms with Crippen molar-refractivity contribution in [2.24, 2.45) is 11.7 Å². The standard InChI is InChI=1S/C11H24N2O/c1-8(2)9(3)13(4)11-7-14-6-5-10(11)12/h8-11H,5-7,12H2,1-4H3. The molecule has 3 atom stereocenters. The summed E-state index contributed by atoms with van der Waals surface area (Å²) in [5.74, 6) is 0.661. The van der Waals surface area contributed by atoms with Gasteiger partial charge in [-0.2, -0.15) is 0 Å². The van der Waals surface area contributed by atoms with E-state index in [-0.39, 0.29) is 6.04 Å². The smallest absolute Gasteiger partial charge is 0.0636 e. The van der Waals surface area contributed by atoms with E-state index in [2.05, 4.69) is 32.7 Å². The lowest BCUT2D eigenvalue weighted by Crippen LogP contribution is -2.55. The molecule has 0 saturated carbocycles. The molecule has 3 heteroatoms. The van der Waals surface area contributed by atoms with Gasteiger partial charge < -0.3 is 10.5 Å². The number of rotatable bonds is 3. The molecular weight excluding hydrogens is 176 g/mol. The Kier molecular flexibility index (Phi) is 4.35. The summed E-state index contributed by atoms with van der Waals surface area (Å²) in [6.45, 7) is 8.36. The normalized spacial score (nSPS) is 31.1. The van der Waals surface area contributed by atoms with E-state index in [0.29, 0.717) is 18.0 Å². The summed E-state index contributed by atoms with van der Waals surface area (Å²) in [4.78, 5) is 2.37. The van der Waals surface area contributed by atoms with Gasteiger partial charge in [0, 0.05) is 24.7 Å². The Morgan fingerprint density at radius 3 is 2.50 bits per heavy atom. The first kappa shape index (κ1) is 12.0. The summed E-state index contributed by atoms with van der Waals surface area (Å²) in [6.07, 6.45) is 0.986. The van der Waals surface area contributed by atoms with Crippen molar-refractivity contribution in [3.63, 3.8) is 0 Å². The predicted molar refractivity (Wildman–Crippen MR) is 59.3 cm³/mol. The summed E-state index contributed by atoms with van der Waals surface area (Å²) in [5.41, 5.74) is 6.10. The fraction of sp³-hybridized carbons (Fsp3) is 1.00. The number of hydrogen-bond donors (Lipinski definition) is 1. The summed E-state index contributed by atoms with van der Waals surface area (Å²) in [6, 6.07) is 1.23.